The van der Waals surface area contributed by atoms with Gasteiger partial charge in [0.05, 0.1) is 0 Å². The molecule has 1 saturated heterocycles. The first-order valence-corrected chi connectivity index (χ1v) is 8.48. The third-order valence-electron chi connectivity index (χ3n) is 3.97. The average Bonchev–Trinajstić information content (AvgIpc) is 3.02. The zero-order chi connectivity index (χ0) is 18.9. The van der Waals surface area contributed by atoms with Crippen LogP contribution in [0.2, 0.25) is 0 Å². The Balaban J connectivity index is 1.74. The normalized spacial score (nSPS) is 17.3. The average molecular weight is 359 g/mol. The summed E-state index contributed by atoms with van der Waals surface area (Å²) < 4.78 is 15.9. The van der Waals surface area contributed by atoms with E-state index in [4.69, 9.17) is 13.9 Å². The van der Waals surface area contributed by atoms with Gasteiger partial charge in [0, 0.05) is 24.1 Å². The fraction of sp³-hybridized carbons (Fsp3) is 0.421. The molecule has 1 aromatic heterocycles. The van der Waals surface area contributed by atoms with Crippen molar-refractivity contribution in [2.45, 2.75) is 45.3 Å². The van der Waals surface area contributed by atoms with Crippen molar-refractivity contribution in [3.05, 3.63) is 40.8 Å². The van der Waals surface area contributed by atoms with E-state index in [2.05, 4.69) is 0 Å². The number of esters is 1. The van der Waals surface area contributed by atoms with Crippen molar-refractivity contribution >= 4 is 23.0 Å². The van der Waals surface area contributed by atoms with E-state index < -0.39 is 29.3 Å². The van der Waals surface area contributed by atoms with Crippen LogP contribution in [0.4, 0.5) is 4.79 Å². The van der Waals surface area contributed by atoms with Crippen LogP contribution in [0.1, 0.15) is 33.6 Å². The lowest BCUT2D eigenvalue weighted by Gasteiger charge is -2.27. The molecule has 1 fully saturated rings. The molecule has 1 aliphatic heterocycles. The largest absolute Gasteiger partial charge is 0.444 e. The van der Waals surface area contributed by atoms with Crippen molar-refractivity contribution in [2.24, 2.45) is 0 Å². The summed E-state index contributed by atoms with van der Waals surface area (Å²) in [6, 6.07) is 7.07. The van der Waals surface area contributed by atoms with Crippen LogP contribution in [0.5, 0.6) is 5.75 Å². The van der Waals surface area contributed by atoms with Crippen LogP contribution in [0.15, 0.2) is 39.5 Å². The second-order valence-electron chi connectivity index (χ2n) is 7.21. The molecule has 138 valence electrons. The Labute approximate surface area is 150 Å². The molecule has 0 aliphatic carbocycles. The standard InChI is InChI=1S/C19H21NO6/c1-19(2,3)26-18(23)20-10-4-5-14(20)17(22)24-13-8-6-12-7-9-16(21)25-15(12)11-13/h6-9,11,14H,4-5,10H2,1-3H3/t14-/m1/s1. The minimum Gasteiger partial charge on any atom is -0.444 e. The van der Waals surface area contributed by atoms with E-state index in [-0.39, 0.29) is 5.75 Å². The predicted octanol–water partition coefficient (Wildman–Crippen LogP) is 3.10. The van der Waals surface area contributed by atoms with Gasteiger partial charge in [-0.05, 0) is 51.8 Å². The number of benzene rings is 1. The molecule has 1 atom stereocenters. The molecule has 7 nitrogen and oxygen atoms in total. The van der Waals surface area contributed by atoms with E-state index in [0.29, 0.717) is 25.0 Å². The first kappa shape index (κ1) is 18.0. The maximum Gasteiger partial charge on any atom is 0.411 e. The van der Waals surface area contributed by atoms with Crippen LogP contribution in [0.3, 0.4) is 0 Å². The minimum atomic E-state index is -0.691. The molecule has 26 heavy (non-hydrogen) atoms. The van der Waals surface area contributed by atoms with Gasteiger partial charge in [-0.1, -0.05) is 0 Å². The lowest BCUT2D eigenvalue weighted by Crippen LogP contribution is -2.44. The Morgan fingerprint density at radius 1 is 1.19 bits per heavy atom. The van der Waals surface area contributed by atoms with Gasteiger partial charge in [0.15, 0.2) is 0 Å². The molecule has 3 rings (SSSR count). The number of hydrogen-bond donors (Lipinski definition) is 0. The highest BCUT2D eigenvalue weighted by Gasteiger charge is 2.37. The van der Waals surface area contributed by atoms with Gasteiger partial charge in [-0.15, -0.1) is 0 Å². The molecule has 0 spiro atoms. The number of amides is 1. The van der Waals surface area contributed by atoms with Gasteiger partial charge < -0.3 is 13.9 Å². The second-order valence-corrected chi connectivity index (χ2v) is 7.21. The van der Waals surface area contributed by atoms with Gasteiger partial charge in [-0.25, -0.2) is 14.4 Å². The number of nitrogens with zero attached hydrogens (tertiary/aromatic N) is 1. The van der Waals surface area contributed by atoms with Gasteiger partial charge in [-0.3, -0.25) is 4.90 Å². The Bertz CT molecular complexity index is 895. The van der Waals surface area contributed by atoms with Crippen LogP contribution in [0, 0.1) is 0 Å². The smallest absolute Gasteiger partial charge is 0.411 e. The van der Waals surface area contributed by atoms with Crippen molar-refractivity contribution in [3.8, 4) is 5.75 Å². The van der Waals surface area contributed by atoms with E-state index in [1.165, 1.54) is 17.0 Å². The summed E-state index contributed by atoms with van der Waals surface area (Å²) in [5.74, 6) is -0.279. The fourth-order valence-corrected chi connectivity index (χ4v) is 2.84. The van der Waals surface area contributed by atoms with Crippen LogP contribution in [0.25, 0.3) is 11.0 Å². The van der Waals surface area contributed by atoms with E-state index in [0.717, 1.165) is 5.39 Å². The summed E-state index contributed by atoms with van der Waals surface area (Å²) in [5.41, 5.74) is -0.782. The number of carbonyl (C=O) groups excluding carboxylic acids is 2. The summed E-state index contributed by atoms with van der Waals surface area (Å²) in [6.45, 7) is 5.77. The molecule has 0 saturated carbocycles. The third kappa shape index (κ3) is 4.04. The summed E-state index contributed by atoms with van der Waals surface area (Å²) in [6.07, 6.45) is 0.688. The maximum absolute atomic E-state index is 12.5. The molecule has 1 aliphatic rings. The molecule has 2 aromatic rings. The Hall–Kier alpha value is -2.83. The van der Waals surface area contributed by atoms with Gasteiger partial charge in [0.1, 0.15) is 23.0 Å². The summed E-state index contributed by atoms with van der Waals surface area (Å²) in [7, 11) is 0. The van der Waals surface area contributed by atoms with E-state index in [1.54, 1.807) is 39.0 Å². The molecule has 0 unspecified atom stereocenters. The summed E-state index contributed by atoms with van der Waals surface area (Å²) in [5, 5.41) is 0.723. The number of hydrogen-bond acceptors (Lipinski definition) is 6. The Morgan fingerprint density at radius 2 is 1.92 bits per heavy atom. The van der Waals surface area contributed by atoms with Crippen molar-refractivity contribution in [2.75, 3.05) is 6.54 Å². The molecule has 2 heterocycles. The molecular formula is C19H21NO6. The minimum absolute atomic E-state index is 0.257. The van der Waals surface area contributed by atoms with E-state index >= 15 is 0 Å². The molecule has 7 heteroatoms. The number of carbonyl (C=O) groups is 2. The fourth-order valence-electron chi connectivity index (χ4n) is 2.84. The molecule has 1 aromatic carbocycles. The van der Waals surface area contributed by atoms with E-state index in [1.807, 2.05) is 0 Å². The zero-order valence-corrected chi connectivity index (χ0v) is 15.0. The second kappa shape index (κ2) is 6.82. The zero-order valence-electron chi connectivity index (χ0n) is 15.0. The van der Waals surface area contributed by atoms with Crippen LogP contribution >= 0.6 is 0 Å². The predicted molar refractivity (Wildman–Crippen MR) is 94.1 cm³/mol. The summed E-state index contributed by atoms with van der Waals surface area (Å²) >= 11 is 0. The lowest BCUT2D eigenvalue weighted by atomic mass is 10.2. The van der Waals surface area contributed by atoms with Crippen molar-refractivity contribution in [1.29, 1.82) is 0 Å². The highest BCUT2D eigenvalue weighted by atomic mass is 16.6. The number of fused-ring (bicyclic) bond motifs is 1. The van der Waals surface area contributed by atoms with Crippen LogP contribution in [-0.4, -0.2) is 35.2 Å². The van der Waals surface area contributed by atoms with Gasteiger partial charge in [0.25, 0.3) is 0 Å². The van der Waals surface area contributed by atoms with Crippen LogP contribution < -0.4 is 10.4 Å². The number of ether oxygens (including phenoxy) is 2. The monoisotopic (exact) mass is 359 g/mol. The van der Waals surface area contributed by atoms with Crippen molar-refractivity contribution in [3.63, 3.8) is 0 Å². The van der Waals surface area contributed by atoms with Crippen molar-refractivity contribution in [1.82, 2.24) is 4.90 Å². The first-order valence-electron chi connectivity index (χ1n) is 8.48. The highest BCUT2D eigenvalue weighted by molar-refractivity contribution is 5.85. The van der Waals surface area contributed by atoms with Gasteiger partial charge in [-0.2, -0.15) is 0 Å². The topological polar surface area (TPSA) is 86.0 Å². The van der Waals surface area contributed by atoms with E-state index in [9.17, 15) is 14.4 Å². The van der Waals surface area contributed by atoms with Gasteiger partial charge in [0.2, 0.25) is 0 Å². The SMILES string of the molecule is CC(C)(C)OC(=O)N1CCC[C@@H]1C(=O)Oc1ccc2ccc(=O)oc2c1. The maximum atomic E-state index is 12.5. The lowest BCUT2D eigenvalue weighted by molar-refractivity contribution is -0.139. The van der Waals surface area contributed by atoms with Crippen LogP contribution in [-0.2, 0) is 9.53 Å². The quantitative estimate of drug-likeness (QED) is 0.465. The molecule has 1 amide bonds. The van der Waals surface area contributed by atoms with Gasteiger partial charge >= 0.3 is 17.7 Å². The highest BCUT2D eigenvalue weighted by Crippen LogP contribution is 2.24. The Kier molecular flexibility index (Phi) is 4.71. The molecular weight excluding hydrogens is 338 g/mol. The molecule has 0 radical (unpaired) electrons. The first-order chi connectivity index (χ1) is 12.2. The Morgan fingerprint density at radius 3 is 2.65 bits per heavy atom. The summed E-state index contributed by atoms with van der Waals surface area (Å²) in [4.78, 5) is 37.5. The van der Waals surface area contributed by atoms with Crippen molar-refractivity contribution < 1.29 is 23.5 Å². The third-order valence-corrected chi connectivity index (χ3v) is 3.97. The number of likely N-dealkylation sites (tertiary alicyclic amines) is 1. The molecule has 0 N–H and O–H groups in total. The molecule has 0 bridgehead atoms. The number of rotatable bonds is 2.